The van der Waals surface area contributed by atoms with Crippen LogP contribution in [0, 0.1) is 4.91 Å². The highest BCUT2D eigenvalue weighted by Crippen LogP contribution is 2.15. The minimum Gasteiger partial charge on any atom is -0.383 e. The average Bonchev–Trinajstić information content (AvgIpc) is 2.43. The molecular weight excluding hydrogens is 248 g/mol. The van der Waals surface area contributed by atoms with Crippen LogP contribution in [-0.2, 0) is 13.6 Å². The minimum absolute atomic E-state index is 0.169. The number of nitrogens with two attached hydrogens (primary N) is 1. The molecule has 0 aliphatic rings. The van der Waals surface area contributed by atoms with Gasteiger partial charge in [0, 0.05) is 7.05 Å². The Morgan fingerprint density at radius 1 is 1.21 bits per heavy atom. The van der Waals surface area contributed by atoms with Crippen molar-refractivity contribution in [1.82, 2.24) is 9.13 Å². The molecule has 0 amide bonds. The average molecular weight is 260 g/mol. The summed E-state index contributed by atoms with van der Waals surface area (Å²) < 4.78 is 1.96. The maximum absolute atomic E-state index is 12.0. The summed E-state index contributed by atoms with van der Waals surface area (Å²) in [5, 5.41) is 2.61. The second-order valence-corrected chi connectivity index (χ2v) is 4.04. The third kappa shape index (κ3) is 2.17. The summed E-state index contributed by atoms with van der Waals surface area (Å²) in [6, 6.07) is 9.10. The van der Waals surface area contributed by atoms with Crippen LogP contribution in [0.5, 0.6) is 0 Å². The molecule has 0 aliphatic carbocycles. The number of rotatable bonds is 3. The van der Waals surface area contributed by atoms with Crippen molar-refractivity contribution >= 4 is 11.5 Å². The Balaban J connectivity index is 2.64. The fraction of sp³-hybridized carbons (Fsp3) is 0.167. The predicted octanol–water partition coefficient (Wildman–Crippen LogP) is 0.575. The molecule has 0 saturated heterocycles. The number of hydrogen-bond donors (Lipinski definition) is 1. The number of hydrogen-bond acceptors (Lipinski definition) is 5. The second kappa shape index (κ2) is 4.89. The lowest BCUT2D eigenvalue weighted by molar-refractivity contribution is 0.656. The summed E-state index contributed by atoms with van der Waals surface area (Å²) in [5.41, 5.74) is 4.67. The van der Waals surface area contributed by atoms with Gasteiger partial charge < -0.3 is 5.73 Å². The molecule has 0 atom stereocenters. The molecule has 0 spiro atoms. The lowest BCUT2D eigenvalue weighted by Gasteiger charge is -2.11. The Morgan fingerprint density at radius 2 is 1.84 bits per heavy atom. The Bertz CT molecular complexity index is 731. The van der Waals surface area contributed by atoms with Crippen LogP contribution >= 0.6 is 0 Å². The number of benzene rings is 1. The molecule has 0 fully saturated rings. The predicted molar refractivity (Wildman–Crippen MR) is 71.4 cm³/mol. The summed E-state index contributed by atoms with van der Waals surface area (Å²) >= 11 is 0. The van der Waals surface area contributed by atoms with Gasteiger partial charge in [-0.15, -0.1) is 4.91 Å². The van der Waals surface area contributed by atoms with Crippen molar-refractivity contribution < 1.29 is 0 Å². The van der Waals surface area contributed by atoms with Crippen molar-refractivity contribution in [2.24, 2.45) is 12.2 Å². The molecule has 0 saturated carbocycles. The highest BCUT2D eigenvalue weighted by atomic mass is 16.3. The van der Waals surface area contributed by atoms with E-state index in [1.807, 2.05) is 30.3 Å². The van der Waals surface area contributed by atoms with E-state index in [1.54, 1.807) is 0 Å². The van der Waals surface area contributed by atoms with Crippen LogP contribution in [0.4, 0.5) is 11.5 Å². The zero-order valence-electron chi connectivity index (χ0n) is 10.2. The van der Waals surface area contributed by atoms with Crippen molar-refractivity contribution in [3.8, 4) is 0 Å². The molecule has 1 aromatic heterocycles. The SMILES string of the molecule is Cn1c(=O)c(N=O)c(N)n(Cc2ccccc2)c1=O. The highest BCUT2D eigenvalue weighted by molar-refractivity contribution is 5.56. The maximum atomic E-state index is 12.0. The summed E-state index contributed by atoms with van der Waals surface area (Å²) in [7, 11) is 1.28. The summed E-state index contributed by atoms with van der Waals surface area (Å²) in [5.74, 6) is -0.216. The van der Waals surface area contributed by atoms with Gasteiger partial charge in [-0.05, 0) is 10.7 Å². The van der Waals surface area contributed by atoms with E-state index in [2.05, 4.69) is 5.18 Å². The van der Waals surface area contributed by atoms with E-state index in [1.165, 1.54) is 7.05 Å². The normalized spacial score (nSPS) is 10.4. The van der Waals surface area contributed by atoms with Gasteiger partial charge in [0.15, 0.2) is 0 Å². The Morgan fingerprint density at radius 3 is 2.42 bits per heavy atom. The highest BCUT2D eigenvalue weighted by Gasteiger charge is 2.15. The quantitative estimate of drug-likeness (QED) is 0.815. The van der Waals surface area contributed by atoms with Gasteiger partial charge in [-0.3, -0.25) is 13.9 Å². The lowest BCUT2D eigenvalue weighted by Crippen LogP contribution is -2.39. The van der Waals surface area contributed by atoms with E-state index in [9.17, 15) is 14.5 Å². The Labute approximate surface area is 107 Å². The van der Waals surface area contributed by atoms with E-state index in [4.69, 9.17) is 5.73 Å². The molecule has 0 unspecified atom stereocenters. The van der Waals surface area contributed by atoms with Gasteiger partial charge in [-0.25, -0.2) is 4.79 Å². The third-order valence-electron chi connectivity index (χ3n) is 2.83. The van der Waals surface area contributed by atoms with Crippen LogP contribution in [-0.4, -0.2) is 9.13 Å². The molecular formula is C12H12N4O3. The molecule has 2 N–H and O–H groups in total. The van der Waals surface area contributed by atoms with Crippen LogP contribution in [0.25, 0.3) is 0 Å². The summed E-state index contributed by atoms with van der Waals surface area (Å²) in [6.07, 6.45) is 0. The number of anilines is 1. The third-order valence-corrected chi connectivity index (χ3v) is 2.83. The maximum Gasteiger partial charge on any atom is 0.332 e. The van der Waals surface area contributed by atoms with Gasteiger partial charge in [-0.1, -0.05) is 30.3 Å². The fourth-order valence-corrected chi connectivity index (χ4v) is 1.77. The first-order chi connectivity index (χ1) is 9.06. The van der Waals surface area contributed by atoms with E-state index in [-0.39, 0.29) is 12.4 Å². The molecule has 1 aromatic carbocycles. The van der Waals surface area contributed by atoms with E-state index in [0.717, 1.165) is 14.7 Å². The van der Waals surface area contributed by atoms with E-state index in [0.29, 0.717) is 0 Å². The summed E-state index contributed by atoms with van der Waals surface area (Å²) in [4.78, 5) is 34.3. The van der Waals surface area contributed by atoms with Gasteiger partial charge in [0.25, 0.3) is 5.56 Å². The van der Waals surface area contributed by atoms with Crippen molar-refractivity contribution in [2.75, 3.05) is 5.73 Å². The van der Waals surface area contributed by atoms with Crippen molar-refractivity contribution in [1.29, 1.82) is 0 Å². The zero-order valence-corrected chi connectivity index (χ0v) is 10.2. The fourth-order valence-electron chi connectivity index (χ4n) is 1.77. The van der Waals surface area contributed by atoms with Crippen molar-refractivity contribution in [2.45, 2.75) is 6.54 Å². The summed E-state index contributed by atoms with van der Waals surface area (Å²) in [6.45, 7) is 0.169. The van der Waals surface area contributed by atoms with E-state index >= 15 is 0 Å². The molecule has 19 heavy (non-hydrogen) atoms. The number of nitrogens with zero attached hydrogens (tertiary/aromatic N) is 3. The number of aromatic nitrogens is 2. The van der Waals surface area contributed by atoms with Gasteiger partial charge >= 0.3 is 5.69 Å². The van der Waals surface area contributed by atoms with Crippen LogP contribution < -0.4 is 17.0 Å². The second-order valence-electron chi connectivity index (χ2n) is 4.04. The molecule has 2 rings (SSSR count). The minimum atomic E-state index is -0.790. The Hall–Kier alpha value is -2.70. The molecule has 0 radical (unpaired) electrons. The number of nitroso groups, excluding NO2 is 1. The first-order valence-electron chi connectivity index (χ1n) is 5.53. The van der Waals surface area contributed by atoms with Crippen molar-refractivity contribution in [3.05, 3.63) is 61.6 Å². The first-order valence-corrected chi connectivity index (χ1v) is 5.53. The van der Waals surface area contributed by atoms with Gasteiger partial charge in [0.2, 0.25) is 5.69 Å². The standard InChI is InChI=1S/C12H12N4O3/c1-15-11(17)9(14-19)10(13)16(12(15)18)7-8-5-3-2-4-6-8/h2-6H,7,13H2,1H3. The smallest absolute Gasteiger partial charge is 0.332 e. The van der Waals surface area contributed by atoms with Gasteiger partial charge in [0.05, 0.1) is 6.54 Å². The molecule has 98 valence electrons. The van der Waals surface area contributed by atoms with Crippen LogP contribution in [0.1, 0.15) is 5.56 Å². The van der Waals surface area contributed by atoms with E-state index < -0.39 is 16.9 Å². The molecule has 0 bridgehead atoms. The molecule has 2 aromatic rings. The molecule has 7 nitrogen and oxygen atoms in total. The Kier molecular flexibility index (Phi) is 3.28. The zero-order chi connectivity index (χ0) is 14.0. The van der Waals surface area contributed by atoms with Gasteiger partial charge in [0.1, 0.15) is 5.82 Å². The monoisotopic (exact) mass is 260 g/mol. The molecule has 7 heteroatoms. The first kappa shape index (κ1) is 12.7. The largest absolute Gasteiger partial charge is 0.383 e. The van der Waals surface area contributed by atoms with Crippen LogP contribution in [0.3, 0.4) is 0 Å². The van der Waals surface area contributed by atoms with Crippen LogP contribution in [0.15, 0.2) is 45.1 Å². The number of nitrogen functional groups attached to an aromatic ring is 1. The van der Waals surface area contributed by atoms with Crippen molar-refractivity contribution in [3.63, 3.8) is 0 Å². The van der Waals surface area contributed by atoms with Gasteiger partial charge in [-0.2, -0.15) is 0 Å². The topological polar surface area (TPSA) is 99.4 Å². The van der Waals surface area contributed by atoms with Crippen LogP contribution in [0.2, 0.25) is 0 Å². The lowest BCUT2D eigenvalue weighted by atomic mass is 10.2. The molecule has 0 aliphatic heterocycles. The molecule has 1 heterocycles.